The number of carbonyl (C=O) groups is 1. The fraction of sp³-hybridized carbons (Fsp3) is 0.667. The zero-order chi connectivity index (χ0) is 14.4. The van der Waals surface area contributed by atoms with E-state index in [1.807, 2.05) is 20.9 Å². The van der Waals surface area contributed by atoms with Crippen LogP contribution in [0.25, 0.3) is 0 Å². The fourth-order valence-corrected chi connectivity index (χ4v) is 2.35. The molecule has 108 valence electrons. The molecule has 0 radical (unpaired) electrons. The second-order valence-electron chi connectivity index (χ2n) is 4.68. The normalized spacial score (nSPS) is 11.1. The molecule has 0 saturated carbocycles. The maximum absolute atomic E-state index is 12.0. The van der Waals surface area contributed by atoms with Gasteiger partial charge in [-0.05, 0) is 27.4 Å². The molecule has 0 fully saturated rings. The van der Waals surface area contributed by atoms with E-state index >= 15 is 0 Å². The number of thiazole rings is 1. The highest BCUT2D eigenvalue weighted by atomic mass is 32.1. The van der Waals surface area contributed by atoms with E-state index in [0.717, 1.165) is 13.1 Å². The van der Waals surface area contributed by atoms with Gasteiger partial charge in [-0.1, -0.05) is 18.3 Å². The molecular formula is C12H23N5OS. The Labute approximate surface area is 118 Å². The minimum Gasteiger partial charge on any atom is -0.382 e. The average molecular weight is 285 g/mol. The zero-order valence-corrected chi connectivity index (χ0v) is 12.8. The number of nitrogens with zero attached hydrogens (tertiary/aromatic N) is 2. The third-order valence-electron chi connectivity index (χ3n) is 2.59. The van der Waals surface area contributed by atoms with Gasteiger partial charge in [-0.25, -0.2) is 4.98 Å². The van der Waals surface area contributed by atoms with Crippen molar-refractivity contribution in [2.24, 2.45) is 0 Å². The van der Waals surface area contributed by atoms with E-state index in [0.29, 0.717) is 16.6 Å². The van der Waals surface area contributed by atoms with Gasteiger partial charge in [0.15, 0.2) is 5.13 Å². The predicted octanol–water partition coefficient (Wildman–Crippen LogP) is 1.23. The number of hydrogen-bond acceptors (Lipinski definition) is 6. The van der Waals surface area contributed by atoms with Crippen LogP contribution < -0.4 is 16.4 Å². The molecule has 0 aliphatic carbocycles. The van der Waals surface area contributed by atoms with Crippen molar-refractivity contribution in [3.05, 3.63) is 4.88 Å². The molecule has 1 aromatic rings. The highest BCUT2D eigenvalue weighted by molar-refractivity contribution is 7.18. The Morgan fingerprint density at radius 1 is 1.53 bits per heavy atom. The van der Waals surface area contributed by atoms with Crippen molar-refractivity contribution < 1.29 is 4.79 Å². The maximum Gasteiger partial charge on any atom is 0.265 e. The second kappa shape index (κ2) is 7.30. The average Bonchev–Trinajstić information content (AvgIpc) is 2.68. The molecule has 0 aliphatic heterocycles. The summed E-state index contributed by atoms with van der Waals surface area (Å²) in [7, 11) is 2.01. The van der Waals surface area contributed by atoms with Crippen LogP contribution in [0, 0.1) is 0 Å². The van der Waals surface area contributed by atoms with E-state index < -0.39 is 0 Å². The van der Waals surface area contributed by atoms with Crippen molar-refractivity contribution in [3.63, 3.8) is 0 Å². The second-order valence-corrected chi connectivity index (χ2v) is 5.68. The monoisotopic (exact) mass is 285 g/mol. The molecule has 1 amide bonds. The van der Waals surface area contributed by atoms with Crippen molar-refractivity contribution in [1.29, 1.82) is 0 Å². The number of nitrogen functional groups attached to an aromatic ring is 1. The van der Waals surface area contributed by atoms with E-state index in [9.17, 15) is 4.79 Å². The molecule has 6 nitrogen and oxygen atoms in total. The largest absolute Gasteiger partial charge is 0.382 e. The molecule has 0 unspecified atom stereocenters. The predicted molar refractivity (Wildman–Crippen MR) is 80.8 cm³/mol. The van der Waals surface area contributed by atoms with E-state index in [1.54, 1.807) is 0 Å². The van der Waals surface area contributed by atoms with Crippen LogP contribution in [-0.2, 0) is 0 Å². The van der Waals surface area contributed by atoms with Crippen LogP contribution in [-0.4, -0.2) is 48.5 Å². The lowest BCUT2D eigenvalue weighted by molar-refractivity contribution is 0.0955. The molecule has 0 bridgehead atoms. The number of carbonyl (C=O) groups excluding carboxylic acids is 1. The number of nitrogens with one attached hydrogen (secondary N) is 2. The number of rotatable bonds is 7. The van der Waals surface area contributed by atoms with Crippen molar-refractivity contribution in [3.8, 4) is 0 Å². The van der Waals surface area contributed by atoms with Crippen LogP contribution in [0.2, 0.25) is 0 Å². The summed E-state index contributed by atoms with van der Waals surface area (Å²) in [5, 5.41) is 6.68. The summed E-state index contributed by atoms with van der Waals surface area (Å²) in [5.41, 5.74) is 5.76. The first-order chi connectivity index (χ1) is 8.93. The highest BCUT2D eigenvalue weighted by Crippen LogP contribution is 2.25. The van der Waals surface area contributed by atoms with E-state index in [4.69, 9.17) is 5.73 Å². The third-order valence-corrected chi connectivity index (χ3v) is 3.59. The SMILES string of the molecule is CCN(C)CCNC(=O)c1sc(NC(C)C)nc1N. The third kappa shape index (κ3) is 5.04. The molecule has 1 rings (SSSR count). The van der Waals surface area contributed by atoms with E-state index in [-0.39, 0.29) is 17.8 Å². The lowest BCUT2D eigenvalue weighted by Crippen LogP contribution is -2.32. The van der Waals surface area contributed by atoms with Gasteiger partial charge >= 0.3 is 0 Å². The Kier molecular flexibility index (Phi) is 6.04. The summed E-state index contributed by atoms with van der Waals surface area (Å²) in [4.78, 5) is 18.7. The molecule has 19 heavy (non-hydrogen) atoms. The number of amides is 1. The number of aromatic nitrogens is 1. The number of anilines is 2. The van der Waals surface area contributed by atoms with Crippen molar-refractivity contribution in [2.75, 3.05) is 37.7 Å². The molecule has 0 aromatic carbocycles. The first-order valence-corrected chi connectivity index (χ1v) is 7.25. The summed E-state index contributed by atoms with van der Waals surface area (Å²) in [5.74, 6) is 0.130. The van der Waals surface area contributed by atoms with Crippen molar-refractivity contribution >= 4 is 28.2 Å². The zero-order valence-electron chi connectivity index (χ0n) is 12.0. The summed E-state index contributed by atoms with van der Waals surface area (Å²) in [6, 6.07) is 0.264. The first-order valence-electron chi connectivity index (χ1n) is 6.43. The van der Waals surface area contributed by atoms with Gasteiger partial charge in [0.05, 0.1) is 0 Å². The summed E-state index contributed by atoms with van der Waals surface area (Å²) < 4.78 is 0. The molecule has 1 heterocycles. The molecule has 1 aromatic heterocycles. The lowest BCUT2D eigenvalue weighted by atomic mass is 10.4. The lowest BCUT2D eigenvalue weighted by Gasteiger charge is -2.13. The van der Waals surface area contributed by atoms with Gasteiger partial charge in [0.25, 0.3) is 5.91 Å². The van der Waals surface area contributed by atoms with Crippen LogP contribution in [0.5, 0.6) is 0 Å². The van der Waals surface area contributed by atoms with Gasteiger partial charge in [-0.2, -0.15) is 0 Å². The standard InChI is InChI=1S/C12H23N5OS/c1-5-17(4)7-6-14-11(18)9-10(13)16-12(19-9)15-8(2)3/h8H,5-7,13H2,1-4H3,(H,14,18)(H,15,16). The molecule has 0 atom stereocenters. The first kappa shape index (κ1) is 15.7. The number of likely N-dealkylation sites (N-methyl/N-ethyl adjacent to an activating group) is 1. The molecule has 0 spiro atoms. The van der Waals surface area contributed by atoms with Gasteiger partial charge in [0, 0.05) is 19.1 Å². The van der Waals surface area contributed by atoms with Gasteiger partial charge in [-0.3, -0.25) is 4.79 Å². The minimum atomic E-state index is -0.156. The minimum absolute atomic E-state index is 0.156. The van der Waals surface area contributed by atoms with Crippen molar-refractivity contribution in [2.45, 2.75) is 26.8 Å². The quantitative estimate of drug-likeness (QED) is 0.702. The van der Waals surface area contributed by atoms with E-state index in [2.05, 4.69) is 27.4 Å². The van der Waals surface area contributed by atoms with Gasteiger partial charge in [-0.15, -0.1) is 0 Å². The van der Waals surface area contributed by atoms with Crippen LogP contribution >= 0.6 is 11.3 Å². The Bertz CT molecular complexity index is 418. The molecule has 7 heteroatoms. The molecule has 0 saturated heterocycles. The van der Waals surface area contributed by atoms with Crippen LogP contribution in [0.1, 0.15) is 30.4 Å². The van der Waals surface area contributed by atoms with Crippen LogP contribution in [0.4, 0.5) is 10.9 Å². The smallest absolute Gasteiger partial charge is 0.265 e. The summed E-state index contributed by atoms with van der Waals surface area (Å²) >= 11 is 1.29. The van der Waals surface area contributed by atoms with Gasteiger partial charge in [0.2, 0.25) is 0 Å². The van der Waals surface area contributed by atoms with Crippen LogP contribution in [0.15, 0.2) is 0 Å². The van der Waals surface area contributed by atoms with Gasteiger partial charge in [0.1, 0.15) is 10.7 Å². The number of nitrogens with two attached hydrogens (primary N) is 1. The Morgan fingerprint density at radius 3 is 2.79 bits per heavy atom. The topological polar surface area (TPSA) is 83.3 Å². The van der Waals surface area contributed by atoms with Crippen LogP contribution in [0.3, 0.4) is 0 Å². The summed E-state index contributed by atoms with van der Waals surface area (Å²) in [6.07, 6.45) is 0. The number of hydrogen-bond donors (Lipinski definition) is 3. The molecular weight excluding hydrogens is 262 g/mol. The Morgan fingerprint density at radius 2 is 2.21 bits per heavy atom. The summed E-state index contributed by atoms with van der Waals surface area (Å²) in [6.45, 7) is 8.48. The van der Waals surface area contributed by atoms with Crippen molar-refractivity contribution in [1.82, 2.24) is 15.2 Å². The Balaban J connectivity index is 2.54. The molecule has 0 aliphatic rings. The van der Waals surface area contributed by atoms with Gasteiger partial charge < -0.3 is 21.3 Å². The Hall–Kier alpha value is -1.34. The van der Waals surface area contributed by atoms with E-state index in [1.165, 1.54) is 11.3 Å². The fourth-order valence-electron chi connectivity index (χ4n) is 1.40. The molecule has 4 N–H and O–H groups in total. The highest BCUT2D eigenvalue weighted by Gasteiger charge is 2.16. The maximum atomic E-state index is 12.0.